The van der Waals surface area contributed by atoms with Crippen molar-refractivity contribution in [1.29, 1.82) is 0 Å². The summed E-state index contributed by atoms with van der Waals surface area (Å²) in [4.78, 5) is 12.0. The van der Waals surface area contributed by atoms with Crippen molar-refractivity contribution < 1.29 is 9.32 Å². The molecule has 106 valence electrons. The Morgan fingerprint density at radius 2 is 2.16 bits per heavy atom. The van der Waals surface area contributed by atoms with Crippen LogP contribution in [0.4, 0.5) is 0 Å². The number of carbonyl (C=O) groups excluding carboxylic acids is 1. The highest BCUT2D eigenvalue weighted by atomic mass is 16.5. The fourth-order valence-corrected chi connectivity index (χ4v) is 2.16. The summed E-state index contributed by atoms with van der Waals surface area (Å²) in [7, 11) is 0. The topological polar surface area (TPSA) is 55.1 Å². The van der Waals surface area contributed by atoms with E-state index in [4.69, 9.17) is 4.52 Å². The summed E-state index contributed by atoms with van der Waals surface area (Å²) in [5, 5.41) is 6.83. The molecule has 0 bridgehead atoms. The van der Waals surface area contributed by atoms with Crippen LogP contribution in [-0.4, -0.2) is 17.1 Å². The lowest BCUT2D eigenvalue weighted by Gasteiger charge is -2.13. The van der Waals surface area contributed by atoms with Gasteiger partial charge in [0.15, 0.2) is 5.69 Å². The van der Waals surface area contributed by atoms with Gasteiger partial charge in [0, 0.05) is 18.0 Å². The summed E-state index contributed by atoms with van der Waals surface area (Å²) >= 11 is 0. The summed E-state index contributed by atoms with van der Waals surface area (Å²) in [6, 6.07) is 1.97. The van der Waals surface area contributed by atoms with E-state index in [0.717, 1.165) is 37.4 Å². The Bertz CT molecular complexity index is 422. The number of nitrogens with zero attached hydrogens (tertiary/aromatic N) is 1. The summed E-state index contributed by atoms with van der Waals surface area (Å²) in [5.74, 6) is 1.96. The molecule has 1 aliphatic carbocycles. The molecule has 0 spiro atoms. The van der Waals surface area contributed by atoms with Crippen LogP contribution in [0.15, 0.2) is 10.6 Å². The van der Waals surface area contributed by atoms with Crippen molar-refractivity contribution in [2.24, 2.45) is 5.92 Å². The average molecular weight is 264 g/mol. The van der Waals surface area contributed by atoms with Crippen LogP contribution in [0.25, 0.3) is 0 Å². The van der Waals surface area contributed by atoms with Gasteiger partial charge in [0.05, 0.1) is 0 Å². The zero-order chi connectivity index (χ0) is 13.8. The molecule has 1 amide bonds. The maximum absolute atomic E-state index is 12.0. The Morgan fingerprint density at radius 1 is 1.42 bits per heavy atom. The Labute approximate surface area is 114 Å². The first-order valence-electron chi connectivity index (χ1n) is 7.33. The van der Waals surface area contributed by atoms with Gasteiger partial charge in [0.1, 0.15) is 5.76 Å². The van der Waals surface area contributed by atoms with Crippen LogP contribution in [0, 0.1) is 5.92 Å². The van der Waals surface area contributed by atoms with E-state index < -0.39 is 0 Å². The van der Waals surface area contributed by atoms with Gasteiger partial charge in [-0.15, -0.1) is 0 Å². The molecule has 1 N–H and O–H groups in total. The molecule has 1 aromatic heterocycles. The van der Waals surface area contributed by atoms with E-state index in [1.165, 1.54) is 6.42 Å². The van der Waals surface area contributed by atoms with E-state index in [9.17, 15) is 4.79 Å². The fourth-order valence-electron chi connectivity index (χ4n) is 2.16. The molecule has 0 saturated heterocycles. The number of hydrogen-bond donors (Lipinski definition) is 1. The second kappa shape index (κ2) is 6.22. The number of hydrogen-bond acceptors (Lipinski definition) is 3. The number of carbonyl (C=O) groups is 1. The Hall–Kier alpha value is -1.32. The van der Waals surface area contributed by atoms with Crippen molar-refractivity contribution in [1.82, 2.24) is 10.5 Å². The van der Waals surface area contributed by atoms with Crippen LogP contribution >= 0.6 is 0 Å². The third-order valence-electron chi connectivity index (χ3n) is 3.54. The zero-order valence-electron chi connectivity index (χ0n) is 12.1. The van der Waals surface area contributed by atoms with Gasteiger partial charge >= 0.3 is 0 Å². The summed E-state index contributed by atoms with van der Waals surface area (Å²) in [5.41, 5.74) is 0.414. The van der Waals surface area contributed by atoms with Crippen LogP contribution in [0.5, 0.6) is 0 Å². The third kappa shape index (κ3) is 4.37. The lowest BCUT2D eigenvalue weighted by Crippen LogP contribution is -2.32. The predicted molar refractivity (Wildman–Crippen MR) is 74.1 cm³/mol. The van der Waals surface area contributed by atoms with E-state index >= 15 is 0 Å². The summed E-state index contributed by atoms with van der Waals surface area (Å²) in [6.07, 6.45) is 5.67. The average Bonchev–Trinajstić information content (AvgIpc) is 3.06. The van der Waals surface area contributed by atoms with Gasteiger partial charge in [-0.3, -0.25) is 4.79 Å². The molecular formula is C15H24N2O2. The van der Waals surface area contributed by atoms with Crippen molar-refractivity contribution in [3.8, 4) is 0 Å². The van der Waals surface area contributed by atoms with Gasteiger partial charge in [-0.2, -0.15) is 0 Å². The molecule has 19 heavy (non-hydrogen) atoms. The minimum Gasteiger partial charge on any atom is -0.360 e. The molecule has 0 aliphatic heterocycles. The minimum atomic E-state index is -0.118. The van der Waals surface area contributed by atoms with Crippen molar-refractivity contribution in [3.63, 3.8) is 0 Å². The van der Waals surface area contributed by atoms with E-state index in [0.29, 0.717) is 11.6 Å². The van der Waals surface area contributed by atoms with Crippen LogP contribution in [0.1, 0.15) is 75.0 Å². The van der Waals surface area contributed by atoms with Crippen molar-refractivity contribution in [3.05, 3.63) is 17.5 Å². The lowest BCUT2D eigenvalue weighted by molar-refractivity contribution is 0.0928. The molecule has 2 rings (SSSR count). The first kappa shape index (κ1) is 14.1. The first-order chi connectivity index (χ1) is 9.06. The number of rotatable bonds is 7. The number of aromatic nitrogens is 1. The van der Waals surface area contributed by atoms with Gasteiger partial charge in [0.25, 0.3) is 5.91 Å². The maximum Gasteiger partial charge on any atom is 0.273 e. The largest absolute Gasteiger partial charge is 0.360 e. The van der Waals surface area contributed by atoms with Gasteiger partial charge < -0.3 is 9.84 Å². The van der Waals surface area contributed by atoms with Crippen LogP contribution in [0.2, 0.25) is 0 Å². The van der Waals surface area contributed by atoms with E-state index in [-0.39, 0.29) is 11.9 Å². The molecule has 0 radical (unpaired) electrons. The molecule has 4 heteroatoms. The lowest BCUT2D eigenvalue weighted by atomic mass is 10.0. The first-order valence-corrected chi connectivity index (χ1v) is 7.33. The molecule has 1 unspecified atom stereocenters. The second-order valence-corrected chi connectivity index (χ2v) is 6.09. The monoisotopic (exact) mass is 264 g/mol. The normalized spacial score (nSPS) is 16.6. The highest BCUT2D eigenvalue weighted by Gasteiger charge is 2.29. The maximum atomic E-state index is 12.0. The van der Waals surface area contributed by atoms with Crippen LogP contribution in [-0.2, 0) is 0 Å². The van der Waals surface area contributed by atoms with Crippen molar-refractivity contribution in [2.75, 3.05) is 0 Å². The molecular weight excluding hydrogens is 240 g/mol. The quantitative estimate of drug-likeness (QED) is 0.820. The molecule has 1 saturated carbocycles. The zero-order valence-corrected chi connectivity index (χ0v) is 12.1. The number of amides is 1. The van der Waals surface area contributed by atoms with Gasteiger partial charge in [0.2, 0.25) is 0 Å². The number of nitrogens with one attached hydrogen (secondary N) is 1. The standard InChI is InChI=1S/C15H24N2O2/c1-10(2)5-4-6-11(3)16-15(18)13-9-14(19-17-13)12-7-8-12/h9-12H,4-8H2,1-3H3,(H,16,18). The van der Waals surface area contributed by atoms with Crippen molar-refractivity contribution in [2.45, 2.75) is 64.8 Å². The van der Waals surface area contributed by atoms with Crippen molar-refractivity contribution >= 4 is 5.91 Å². The Morgan fingerprint density at radius 3 is 2.79 bits per heavy atom. The molecule has 0 aromatic carbocycles. The van der Waals surface area contributed by atoms with Gasteiger partial charge in [-0.05, 0) is 32.1 Å². The minimum absolute atomic E-state index is 0.118. The van der Waals surface area contributed by atoms with Gasteiger partial charge in [-0.1, -0.05) is 31.8 Å². The van der Waals surface area contributed by atoms with E-state index in [1.54, 1.807) is 6.07 Å². The van der Waals surface area contributed by atoms with Crippen LogP contribution in [0.3, 0.4) is 0 Å². The smallest absolute Gasteiger partial charge is 0.273 e. The molecule has 1 atom stereocenters. The molecule has 1 aromatic rings. The third-order valence-corrected chi connectivity index (χ3v) is 3.54. The van der Waals surface area contributed by atoms with Crippen LogP contribution < -0.4 is 5.32 Å². The second-order valence-electron chi connectivity index (χ2n) is 6.09. The van der Waals surface area contributed by atoms with E-state index in [1.807, 2.05) is 6.92 Å². The SMILES string of the molecule is CC(C)CCCC(C)NC(=O)c1cc(C2CC2)on1. The predicted octanol–water partition coefficient (Wildman–Crippen LogP) is 3.50. The molecule has 1 aliphatic rings. The highest BCUT2D eigenvalue weighted by Crippen LogP contribution is 2.40. The summed E-state index contributed by atoms with van der Waals surface area (Å²) < 4.78 is 5.19. The Balaban J connectivity index is 1.75. The molecule has 1 heterocycles. The van der Waals surface area contributed by atoms with Gasteiger partial charge in [-0.25, -0.2) is 0 Å². The summed E-state index contributed by atoms with van der Waals surface area (Å²) in [6.45, 7) is 6.48. The highest BCUT2D eigenvalue weighted by molar-refractivity contribution is 5.92. The fraction of sp³-hybridized carbons (Fsp3) is 0.733. The molecule has 4 nitrogen and oxygen atoms in total. The molecule has 1 fully saturated rings. The van der Waals surface area contributed by atoms with E-state index in [2.05, 4.69) is 24.3 Å². The Kier molecular flexibility index (Phi) is 4.61.